The third kappa shape index (κ3) is 2.76. The lowest BCUT2D eigenvalue weighted by Gasteiger charge is -2.07. The van der Waals surface area contributed by atoms with Crippen LogP contribution in [0.15, 0.2) is 54.6 Å². The van der Waals surface area contributed by atoms with Crippen molar-refractivity contribution in [2.75, 3.05) is 0 Å². The number of hydrogen-bond donors (Lipinski definition) is 0. The Kier molecular flexibility index (Phi) is 3.62. The van der Waals surface area contributed by atoms with Crippen LogP contribution < -0.4 is 0 Å². The van der Waals surface area contributed by atoms with Crippen LogP contribution in [0.2, 0.25) is 5.15 Å². The zero-order valence-corrected chi connectivity index (χ0v) is 11.5. The zero-order chi connectivity index (χ0) is 14.8. The molecule has 0 bridgehead atoms. The molecule has 1 aromatic heterocycles. The van der Waals surface area contributed by atoms with E-state index in [1.54, 1.807) is 0 Å². The first-order valence-electron chi connectivity index (χ1n) is 6.19. The topological polar surface area (TPSA) is 25.8 Å². The fraction of sp³-hybridized carbons (Fsp3) is 0. The van der Waals surface area contributed by atoms with Crippen molar-refractivity contribution in [2.24, 2.45) is 0 Å². The van der Waals surface area contributed by atoms with Crippen LogP contribution >= 0.6 is 11.6 Å². The minimum Gasteiger partial charge on any atom is -0.228 e. The molecule has 1 heterocycles. The molecule has 0 radical (unpaired) electrons. The number of rotatable bonds is 2. The monoisotopic (exact) mass is 302 g/mol. The molecule has 5 heteroatoms. The van der Waals surface area contributed by atoms with Gasteiger partial charge in [0, 0.05) is 17.2 Å². The highest BCUT2D eigenvalue weighted by Crippen LogP contribution is 2.27. The summed E-state index contributed by atoms with van der Waals surface area (Å²) in [7, 11) is 0. The van der Waals surface area contributed by atoms with Gasteiger partial charge in [-0.25, -0.2) is 18.7 Å². The van der Waals surface area contributed by atoms with Gasteiger partial charge in [0.1, 0.15) is 5.15 Å². The van der Waals surface area contributed by atoms with Gasteiger partial charge in [-0.05, 0) is 12.1 Å². The van der Waals surface area contributed by atoms with Crippen molar-refractivity contribution >= 4 is 11.6 Å². The van der Waals surface area contributed by atoms with E-state index in [1.807, 2.05) is 30.3 Å². The molecule has 0 saturated carbocycles. The quantitative estimate of drug-likeness (QED) is 0.639. The van der Waals surface area contributed by atoms with E-state index in [1.165, 1.54) is 18.2 Å². The molecule has 3 rings (SSSR count). The molecule has 0 atom stereocenters. The minimum atomic E-state index is -0.953. The first-order valence-corrected chi connectivity index (χ1v) is 6.57. The lowest BCUT2D eigenvalue weighted by Crippen LogP contribution is -1.96. The number of benzene rings is 2. The van der Waals surface area contributed by atoms with E-state index in [9.17, 15) is 8.78 Å². The summed E-state index contributed by atoms with van der Waals surface area (Å²) < 4.78 is 27.2. The minimum absolute atomic E-state index is 0.0523. The summed E-state index contributed by atoms with van der Waals surface area (Å²) in [6.07, 6.45) is 0. The van der Waals surface area contributed by atoms with Gasteiger partial charge in [-0.15, -0.1) is 0 Å². The SMILES string of the molecule is Fc1cccc(-c2cc(Cl)nc(-c3ccccc3)n2)c1F. The van der Waals surface area contributed by atoms with Crippen molar-refractivity contribution in [1.82, 2.24) is 9.97 Å². The highest BCUT2D eigenvalue weighted by Gasteiger charge is 2.13. The van der Waals surface area contributed by atoms with Crippen molar-refractivity contribution < 1.29 is 8.78 Å². The molecule has 0 unspecified atom stereocenters. The molecule has 2 aromatic carbocycles. The molecule has 0 saturated heterocycles. The normalized spacial score (nSPS) is 10.6. The summed E-state index contributed by atoms with van der Waals surface area (Å²) in [6.45, 7) is 0. The van der Waals surface area contributed by atoms with E-state index in [0.717, 1.165) is 11.6 Å². The number of hydrogen-bond acceptors (Lipinski definition) is 2. The highest BCUT2D eigenvalue weighted by molar-refractivity contribution is 6.29. The lowest BCUT2D eigenvalue weighted by molar-refractivity contribution is 0.511. The van der Waals surface area contributed by atoms with E-state index in [2.05, 4.69) is 9.97 Å². The van der Waals surface area contributed by atoms with Gasteiger partial charge in [0.15, 0.2) is 17.5 Å². The van der Waals surface area contributed by atoms with Gasteiger partial charge in [0.05, 0.1) is 5.69 Å². The van der Waals surface area contributed by atoms with Crippen LogP contribution in [-0.4, -0.2) is 9.97 Å². The molecular weight excluding hydrogens is 294 g/mol. The Morgan fingerprint density at radius 1 is 0.857 bits per heavy atom. The second-order valence-electron chi connectivity index (χ2n) is 4.37. The second-order valence-corrected chi connectivity index (χ2v) is 4.75. The Morgan fingerprint density at radius 2 is 1.62 bits per heavy atom. The van der Waals surface area contributed by atoms with Gasteiger partial charge >= 0.3 is 0 Å². The molecule has 0 amide bonds. The Hall–Kier alpha value is -2.33. The fourth-order valence-electron chi connectivity index (χ4n) is 1.97. The summed E-state index contributed by atoms with van der Waals surface area (Å²) in [5, 5.41) is 0.169. The molecule has 0 aliphatic rings. The molecule has 0 fully saturated rings. The average molecular weight is 303 g/mol. The van der Waals surface area contributed by atoms with Crippen molar-refractivity contribution in [3.05, 3.63) is 71.4 Å². The molecule has 104 valence electrons. The van der Waals surface area contributed by atoms with Gasteiger partial charge in [0.2, 0.25) is 0 Å². The Labute approximate surface area is 125 Å². The average Bonchev–Trinajstić information content (AvgIpc) is 2.50. The Bertz CT molecular complexity index is 792. The lowest BCUT2D eigenvalue weighted by atomic mass is 10.1. The zero-order valence-electron chi connectivity index (χ0n) is 10.7. The van der Waals surface area contributed by atoms with Gasteiger partial charge in [-0.3, -0.25) is 0 Å². The third-order valence-electron chi connectivity index (χ3n) is 2.95. The van der Waals surface area contributed by atoms with Crippen molar-refractivity contribution in [1.29, 1.82) is 0 Å². The van der Waals surface area contributed by atoms with Crippen LogP contribution in [-0.2, 0) is 0 Å². The highest BCUT2D eigenvalue weighted by atomic mass is 35.5. The van der Waals surface area contributed by atoms with E-state index in [0.29, 0.717) is 5.82 Å². The van der Waals surface area contributed by atoms with E-state index >= 15 is 0 Å². The Morgan fingerprint density at radius 3 is 2.38 bits per heavy atom. The maximum absolute atomic E-state index is 13.9. The third-order valence-corrected chi connectivity index (χ3v) is 3.15. The van der Waals surface area contributed by atoms with Crippen LogP contribution in [0.4, 0.5) is 8.78 Å². The van der Waals surface area contributed by atoms with Crippen LogP contribution in [0.5, 0.6) is 0 Å². The van der Waals surface area contributed by atoms with Gasteiger partial charge in [-0.2, -0.15) is 0 Å². The molecule has 21 heavy (non-hydrogen) atoms. The summed E-state index contributed by atoms with van der Waals surface area (Å²) >= 11 is 5.97. The number of aromatic nitrogens is 2. The molecule has 3 aromatic rings. The van der Waals surface area contributed by atoms with E-state index in [-0.39, 0.29) is 16.4 Å². The Balaban J connectivity index is 2.17. The van der Waals surface area contributed by atoms with Gasteiger partial charge in [-0.1, -0.05) is 48.0 Å². The van der Waals surface area contributed by atoms with Crippen molar-refractivity contribution in [2.45, 2.75) is 0 Å². The molecule has 0 aliphatic heterocycles. The smallest absolute Gasteiger partial charge is 0.168 e. The molecular formula is C16H9ClF2N2. The van der Waals surface area contributed by atoms with Crippen LogP contribution in [0, 0.1) is 11.6 Å². The fourth-order valence-corrected chi connectivity index (χ4v) is 2.16. The maximum atomic E-state index is 13.9. The predicted molar refractivity (Wildman–Crippen MR) is 77.8 cm³/mol. The maximum Gasteiger partial charge on any atom is 0.168 e. The van der Waals surface area contributed by atoms with Crippen LogP contribution in [0.25, 0.3) is 22.6 Å². The molecule has 0 aliphatic carbocycles. The van der Waals surface area contributed by atoms with E-state index < -0.39 is 11.6 Å². The molecule has 0 spiro atoms. The predicted octanol–water partition coefficient (Wildman–Crippen LogP) is 4.74. The summed E-state index contributed by atoms with van der Waals surface area (Å²) in [5.74, 6) is -1.52. The standard InChI is InChI=1S/C16H9ClF2N2/c17-14-9-13(11-7-4-8-12(18)15(11)19)20-16(21-14)10-5-2-1-3-6-10/h1-9H. The second kappa shape index (κ2) is 5.58. The summed E-state index contributed by atoms with van der Waals surface area (Å²) in [5.41, 5.74) is 1.04. The summed E-state index contributed by atoms with van der Waals surface area (Å²) in [4.78, 5) is 8.39. The number of halogens is 3. The van der Waals surface area contributed by atoms with E-state index in [4.69, 9.17) is 11.6 Å². The van der Waals surface area contributed by atoms with Crippen LogP contribution in [0.3, 0.4) is 0 Å². The first-order chi connectivity index (χ1) is 10.1. The van der Waals surface area contributed by atoms with Gasteiger partial charge < -0.3 is 0 Å². The van der Waals surface area contributed by atoms with Crippen molar-refractivity contribution in [3.63, 3.8) is 0 Å². The van der Waals surface area contributed by atoms with Crippen LogP contribution in [0.1, 0.15) is 0 Å². The molecule has 2 nitrogen and oxygen atoms in total. The molecule has 0 N–H and O–H groups in total. The largest absolute Gasteiger partial charge is 0.228 e. The van der Waals surface area contributed by atoms with Gasteiger partial charge in [0.25, 0.3) is 0 Å². The summed E-state index contributed by atoms with van der Waals surface area (Å²) in [6, 6.07) is 14.5. The van der Waals surface area contributed by atoms with Crippen molar-refractivity contribution in [3.8, 4) is 22.6 Å². The number of nitrogens with zero attached hydrogens (tertiary/aromatic N) is 2. The first kappa shape index (κ1) is 13.6.